The van der Waals surface area contributed by atoms with Crippen molar-refractivity contribution in [3.63, 3.8) is 0 Å². The molecule has 20 heavy (non-hydrogen) atoms. The summed E-state index contributed by atoms with van der Waals surface area (Å²) in [7, 11) is 0. The van der Waals surface area contributed by atoms with Gasteiger partial charge in [-0.25, -0.2) is 9.78 Å². The molecule has 0 aromatic carbocycles. The van der Waals surface area contributed by atoms with E-state index in [1.54, 1.807) is 21.7 Å². The van der Waals surface area contributed by atoms with Crippen molar-refractivity contribution in [2.45, 2.75) is 12.8 Å². The molecule has 102 valence electrons. The summed E-state index contributed by atoms with van der Waals surface area (Å²) < 4.78 is 1.78. The van der Waals surface area contributed by atoms with E-state index in [4.69, 9.17) is 0 Å². The number of urea groups is 1. The van der Waals surface area contributed by atoms with Crippen molar-refractivity contribution in [1.29, 1.82) is 0 Å². The van der Waals surface area contributed by atoms with Crippen LogP contribution in [-0.2, 0) is 0 Å². The second-order valence-electron chi connectivity index (χ2n) is 4.81. The molecule has 1 fully saturated rings. The molecular weight excluding hydrogens is 258 g/mol. The van der Waals surface area contributed by atoms with E-state index >= 15 is 0 Å². The van der Waals surface area contributed by atoms with E-state index < -0.39 is 0 Å². The minimum absolute atomic E-state index is 0.128. The minimum atomic E-state index is -0.128. The highest BCUT2D eigenvalue weighted by Crippen LogP contribution is 2.17. The normalized spacial score (nSPS) is 15.3. The number of hydrogen-bond donors (Lipinski definition) is 2. The lowest BCUT2D eigenvalue weighted by Crippen LogP contribution is -2.32. The molecule has 1 saturated heterocycles. The Morgan fingerprint density at radius 1 is 1.30 bits per heavy atom. The summed E-state index contributed by atoms with van der Waals surface area (Å²) in [4.78, 5) is 21.2. The number of hydrogen-bond acceptors (Lipinski definition) is 4. The highest BCUT2D eigenvalue weighted by Gasteiger charge is 2.20. The molecule has 0 atom stereocenters. The summed E-state index contributed by atoms with van der Waals surface area (Å²) in [6, 6.07) is 1.75. The number of aromatic amines is 1. The number of amides is 2. The monoisotopic (exact) mass is 271 g/mol. The van der Waals surface area contributed by atoms with Crippen molar-refractivity contribution in [3.8, 4) is 0 Å². The van der Waals surface area contributed by atoms with Gasteiger partial charge in [0.15, 0.2) is 11.3 Å². The Morgan fingerprint density at radius 3 is 3.00 bits per heavy atom. The Hall–Kier alpha value is -2.64. The zero-order chi connectivity index (χ0) is 13.5. The first-order chi connectivity index (χ1) is 9.83. The topological polar surface area (TPSA) is 91.2 Å². The number of nitrogens with one attached hydrogen (secondary N) is 2. The third kappa shape index (κ3) is 1.61. The van der Waals surface area contributed by atoms with E-state index in [0.29, 0.717) is 11.6 Å². The molecule has 0 aliphatic carbocycles. The Labute approximate surface area is 113 Å². The molecule has 3 aromatic heterocycles. The van der Waals surface area contributed by atoms with E-state index in [9.17, 15) is 4.79 Å². The summed E-state index contributed by atoms with van der Waals surface area (Å²) in [6.07, 6.45) is 5.53. The fraction of sp³-hybridized carbons (Fsp3) is 0.333. The van der Waals surface area contributed by atoms with Crippen molar-refractivity contribution in [2.24, 2.45) is 0 Å². The first-order valence-electron chi connectivity index (χ1n) is 6.56. The summed E-state index contributed by atoms with van der Waals surface area (Å²) in [6.45, 7) is 1.59. The molecule has 3 aromatic rings. The Bertz CT molecular complexity index is 783. The molecule has 4 rings (SSSR count). The molecule has 0 bridgehead atoms. The van der Waals surface area contributed by atoms with Crippen LogP contribution in [0.15, 0.2) is 18.5 Å². The van der Waals surface area contributed by atoms with Crippen molar-refractivity contribution < 1.29 is 4.79 Å². The van der Waals surface area contributed by atoms with Crippen LogP contribution in [0.3, 0.4) is 0 Å². The van der Waals surface area contributed by atoms with Crippen molar-refractivity contribution in [2.75, 3.05) is 18.4 Å². The molecule has 1 aliphatic heterocycles. The zero-order valence-corrected chi connectivity index (χ0v) is 10.7. The molecular formula is C12H13N7O. The highest BCUT2D eigenvalue weighted by molar-refractivity contribution is 5.89. The smallest absolute Gasteiger partial charge is 0.324 e. The number of anilines is 1. The lowest BCUT2D eigenvalue weighted by atomic mass is 10.4. The first-order valence-corrected chi connectivity index (χ1v) is 6.56. The second-order valence-corrected chi connectivity index (χ2v) is 4.81. The number of carbonyl (C=O) groups excluding carboxylic acids is 1. The molecule has 8 heteroatoms. The van der Waals surface area contributed by atoms with Crippen LogP contribution < -0.4 is 5.32 Å². The highest BCUT2D eigenvalue weighted by atomic mass is 16.2. The van der Waals surface area contributed by atoms with Gasteiger partial charge in [0, 0.05) is 19.3 Å². The summed E-state index contributed by atoms with van der Waals surface area (Å²) in [5, 5.41) is 10.9. The van der Waals surface area contributed by atoms with E-state index in [-0.39, 0.29) is 6.03 Å². The number of H-pyrrole nitrogens is 1. The minimum Gasteiger partial charge on any atom is -0.345 e. The maximum atomic E-state index is 12.1. The fourth-order valence-electron chi connectivity index (χ4n) is 2.55. The van der Waals surface area contributed by atoms with Gasteiger partial charge in [-0.3, -0.25) is 9.72 Å². The Kier molecular flexibility index (Phi) is 2.35. The fourth-order valence-corrected chi connectivity index (χ4v) is 2.55. The zero-order valence-electron chi connectivity index (χ0n) is 10.7. The van der Waals surface area contributed by atoms with Gasteiger partial charge in [-0.1, -0.05) is 0 Å². The van der Waals surface area contributed by atoms with E-state index in [2.05, 4.69) is 25.5 Å². The van der Waals surface area contributed by atoms with Crippen LogP contribution in [0.1, 0.15) is 12.8 Å². The number of fused-ring (bicyclic) bond motifs is 3. The number of aromatic nitrogens is 5. The van der Waals surface area contributed by atoms with Crippen LogP contribution in [-0.4, -0.2) is 48.6 Å². The Balaban J connectivity index is 1.75. The van der Waals surface area contributed by atoms with Gasteiger partial charge in [0.2, 0.25) is 5.95 Å². The average molecular weight is 271 g/mol. The van der Waals surface area contributed by atoms with Crippen molar-refractivity contribution in [3.05, 3.63) is 18.5 Å². The van der Waals surface area contributed by atoms with Gasteiger partial charge in [0.05, 0.1) is 11.7 Å². The number of carbonyl (C=O) groups is 1. The van der Waals surface area contributed by atoms with Crippen LogP contribution in [0.25, 0.3) is 16.8 Å². The third-order valence-electron chi connectivity index (χ3n) is 3.55. The molecule has 1 aliphatic rings. The molecule has 0 radical (unpaired) electrons. The van der Waals surface area contributed by atoms with Gasteiger partial charge in [-0.05, 0) is 18.9 Å². The van der Waals surface area contributed by atoms with E-state index in [1.165, 1.54) is 0 Å². The number of nitrogens with zero attached hydrogens (tertiary/aromatic N) is 5. The second kappa shape index (κ2) is 4.19. The van der Waals surface area contributed by atoms with Crippen LogP contribution in [0, 0.1) is 0 Å². The quantitative estimate of drug-likeness (QED) is 0.696. The molecule has 0 unspecified atom stereocenters. The standard InChI is InChI=1S/C12H13N7O/c20-12(18-5-1-2-6-18)15-11-17-16-9-7-14-10-8(19(9)11)3-4-13-10/h3-4,7,13H,1-2,5-6H2,(H,15,17,20). The van der Waals surface area contributed by atoms with Gasteiger partial charge in [0.1, 0.15) is 0 Å². The van der Waals surface area contributed by atoms with Gasteiger partial charge in [-0.15, -0.1) is 10.2 Å². The predicted octanol–water partition coefficient (Wildman–Crippen LogP) is 1.23. The summed E-state index contributed by atoms with van der Waals surface area (Å²) in [5.74, 6) is 0.420. The molecule has 0 spiro atoms. The number of likely N-dealkylation sites (tertiary alicyclic amines) is 1. The molecule has 2 N–H and O–H groups in total. The van der Waals surface area contributed by atoms with E-state index in [0.717, 1.165) is 37.1 Å². The maximum absolute atomic E-state index is 12.1. The van der Waals surface area contributed by atoms with E-state index in [1.807, 2.05) is 6.07 Å². The molecule has 8 nitrogen and oxygen atoms in total. The maximum Gasteiger partial charge on any atom is 0.324 e. The third-order valence-corrected chi connectivity index (χ3v) is 3.55. The van der Waals surface area contributed by atoms with Crippen molar-refractivity contribution >= 4 is 28.8 Å². The molecule has 4 heterocycles. The van der Waals surface area contributed by atoms with Crippen LogP contribution >= 0.6 is 0 Å². The van der Waals surface area contributed by atoms with Crippen LogP contribution in [0.5, 0.6) is 0 Å². The van der Waals surface area contributed by atoms with Gasteiger partial charge >= 0.3 is 6.03 Å². The first kappa shape index (κ1) is 11.2. The van der Waals surface area contributed by atoms with Gasteiger partial charge < -0.3 is 9.88 Å². The largest absolute Gasteiger partial charge is 0.345 e. The van der Waals surface area contributed by atoms with Gasteiger partial charge in [0.25, 0.3) is 0 Å². The SMILES string of the molecule is O=C(Nc1nnc2cnc3[nH]ccc3n12)N1CCCC1. The number of rotatable bonds is 1. The molecule has 0 saturated carbocycles. The summed E-state index contributed by atoms with van der Waals surface area (Å²) >= 11 is 0. The molecule has 2 amide bonds. The van der Waals surface area contributed by atoms with Crippen LogP contribution in [0.4, 0.5) is 10.7 Å². The summed E-state index contributed by atoms with van der Waals surface area (Å²) in [5.41, 5.74) is 2.17. The van der Waals surface area contributed by atoms with Crippen molar-refractivity contribution in [1.82, 2.24) is 29.5 Å². The predicted molar refractivity (Wildman–Crippen MR) is 72.5 cm³/mol. The lowest BCUT2D eigenvalue weighted by molar-refractivity contribution is 0.222. The lowest BCUT2D eigenvalue weighted by Gasteiger charge is -2.15. The van der Waals surface area contributed by atoms with Crippen LogP contribution in [0.2, 0.25) is 0 Å². The van der Waals surface area contributed by atoms with Gasteiger partial charge in [-0.2, -0.15) is 0 Å². The Morgan fingerprint density at radius 2 is 2.15 bits per heavy atom. The average Bonchev–Trinajstić information content (AvgIpc) is 3.18.